The van der Waals surface area contributed by atoms with E-state index >= 15 is 0 Å². The summed E-state index contributed by atoms with van der Waals surface area (Å²) in [5.41, 5.74) is 0.928. The molecule has 1 aromatic carbocycles. The Morgan fingerprint density at radius 1 is 1.21 bits per heavy atom. The fourth-order valence-corrected chi connectivity index (χ4v) is 4.82. The molecule has 1 amide bonds. The van der Waals surface area contributed by atoms with Gasteiger partial charge in [-0.15, -0.1) is 11.3 Å². The van der Waals surface area contributed by atoms with Gasteiger partial charge < -0.3 is 10.2 Å². The summed E-state index contributed by atoms with van der Waals surface area (Å²) in [5, 5.41) is 3.84. The Morgan fingerprint density at radius 2 is 1.96 bits per heavy atom. The molecular formula is C20H20ClFN4OS. The third-order valence-electron chi connectivity index (χ3n) is 4.92. The molecule has 0 unspecified atom stereocenters. The highest BCUT2D eigenvalue weighted by Crippen LogP contribution is 2.36. The second-order valence-corrected chi connectivity index (χ2v) is 8.39. The summed E-state index contributed by atoms with van der Waals surface area (Å²) in [7, 11) is 0. The number of thiophene rings is 1. The zero-order valence-corrected chi connectivity index (χ0v) is 17.3. The number of benzene rings is 1. The normalized spacial score (nSPS) is 14.5. The quantitative estimate of drug-likeness (QED) is 0.623. The van der Waals surface area contributed by atoms with Crippen molar-refractivity contribution in [2.45, 2.75) is 33.1 Å². The summed E-state index contributed by atoms with van der Waals surface area (Å²) in [6, 6.07) is 4.18. The molecule has 1 aliphatic heterocycles. The number of hydrogen-bond acceptors (Lipinski definition) is 5. The van der Waals surface area contributed by atoms with E-state index in [1.807, 2.05) is 13.8 Å². The van der Waals surface area contributed by atoms with Crippen molar-refractivity contribution < 1.29 is 9.18 Å². The van der Waals surface area contributed by atoms with Gasteiger partial charge in [0.2, 0.25) is 0 Å². The molecule has 2 aromatic heterocycles. The first-order valence-electron chi connectivity index (χ1n) is 9.23. The molecule has 0 radical (unpaired) electrons. The SMILES string of the molecule is Cc1nc(N2CCCCC2)c2c(C)c(C(=O)Nc3ccc(Cl)cc3F)sc2n1. The fourth-order valence-electron chi connectivity index (χ4n) is 3.54. The first-order valence-corrected chi connectivity index (χ1v) is 10.4. The predicted octanol–water partition coefficient (Wildman–Crippen LogP) is 5.34. The van der Waals surface area contributed by atoms with Crippen molar-refractivity contribution in [3.05, 3.63) is 45.3 Å². The highest BCUT2D eigenvalue weighted by Gasteiger charge is 2.24. The van der Waals surface area contributed by atoms with Crippen LogP contribution in [0.3, 0.4) is 0 Å². The van der Waals surface area contributed by atoms with E-state index in [1.54, 1.807) is 6.07 Å². The summed E-state index contributed by atoms with van der Waals surface area (Å²) in [4.78, 5) is 25.7. The molecule has 1 N–H and O–H groups in total. The lowest BCUT2D eigenvalue weighted by atomic mass is 10.1. The van der Waals surface area contributed by atoms with Gasteiger partial charge in [0.05, 0.1) is 16.0 Å². The lowest BCUT2D eigenvalue weighted by Crippen LogP contribution is -2.30. The molecule has 0 atom stereocenters. The first kappa shape index (κ1) is 19.1. The Kier molecular flexibility index (Phi) is 5.21. The number of hydrogen-bond donors (Lipinski definition) is 1. The molecule has 1 saturated heterocycles. The maximum atomic E-state index is 14.1. The summed E-state index contributed by atoms with van der Waals surface area (Å²) in [5.74, 6) is 0.658. The van der Waals surface area contributed by atoms with Crippen molar-refractivity contribution in [1.29, 1.82) is 0 Å². The molecule has 4 rings (SSSR count). The average molecular weight is 419 g/mol. The Balaban J connectivity index is 1.73. The van der Waals surface area contributed by atoms with Crippen molar-refractivity contribution in [3.63, 3.8) is 0 Å². The van der Waals surface area contributed by atoms with Gasteiger partial charge in [-0.05, 0) is 56.9 Å². The average Bonchev–Trinajstić information content (AvgIpc) is 3.00. The lowest BCUT2D eigenvalue weighted by Gasteiger charge is -2.28. The van der Waals surface area contributed by atoms with E-state index in [1.165, 1.54) is 29.9 Å². The molecule has 1 aliphatic rings. The summed E-state index contributed by atoms with van der Waals surface area (Å²) >= 11 is 7.10. The van der Waals surface area contributed by atoms with Gasteiger partial charge in [-0.3, -0.25) is 4.79 Å². The number of nitrogens with zero attached hydrogens (tertiary/aromatic N) is 3. The molecule has 28 heavy (non-hydrogen) atoms. The minimum Gasteiger partial charge on any atom is -0.356 e. The minimum atomic E-state index is -0.566. The molecule has 0 spiro atoms. The minimum absolute atomic E-state index is 0.102. The number of rotatable bonds is 3. The molecule has 0 aliphatic carbocycles. The molecule has 3 aromatic rings. The van der Waals surface area contributed by atoms with Crippen LogP contribution in [0.2, 0.25) is 5.02 Å². The second-order valence-electron chi connectivity index (χ2n) is 6.96. The van der Waals surface area contributed by atoms with Crippen molar-refractivity contribution >= 4 is 50.6 Å². The van der Waals surface area contributed by atoms with E-state index in [-0.39, 0.29) is 16.6 Å². The first-order chi connectivity index (χ1) is 13.4. The van der Waals surface area contributed by atoms with Gasteiger partial charge in [0.25, 0.3) is 5.91 Å². The third-order valence-corrected chi connectivity index (χ3v) is 6.34. The van der Waals surface area contributed by atoms with Crippen molar-refractivity contribution in [3.8, 4) is 0 Å². The molecule has 1 fully saturated rings. The van der Waals surface area contributed by atoms with Crippen LogP contribution in [0.25, 0.3) is 10.2 Å². The number of halogens is 2. The van der Waals surface area contributed by atoms with Crippen LogP contribution in [-0.2, 0) is 0 Å². The molecular weight excluding hydrogens is 399 g/mol. The van der Waals surface area contributed by atoms with Crippen LogP contribution < -0.4 is 10.2 Å². The highest BCUT2D eigenvalue weighted by atomic mass is 35.5. The van der Waals surface area contributed by atoms with Crippen molar-refractivity contribution in [2.24, 2.45) is 0 Å². The van der Waals surface area contributed by atoms with Crippen molar-refractivity contribution in [2.75, 3.05) is 23.3 Å². The van der Waals surface area contributed by atoms with Crippen LogP contribution in [0.5, 0.6) is 0 Å². The zero-order valence-electron chi connectivity index (χ0n) is 15.7. The number of aryl methyl sites for hydroxylation is 2. The zero-order chi connectivity index (χ0) is 19.8. The number of carbonyl (C=O) groups excluding carboxylic acids is 1. The predicted molar refractivity (Wildman–Crippen MR) is 112 cm³/mol. The van der Waals surface area contributed by atoms with E-state index < -0.39 is 5.82 Å². The highest BCUT2D eigenvalue weighted by molar-refractivity contribution is 7.20. The fraction of sp³-hybridized carbons (Fsp3) is 0.350. The number of amides is 1. The van der Waals surface area contributed by atoms with Gasteiger partial charge in [0.15, 0.2) is 0 Å². The Labute approximate surface area is 171 Å². The number of nitrogens with one attached hydrogen (secondary N) is 1. The van der Waals surface area contributed by atoms with Gasteiger partial charge in [-0.1, -0.05) is 11.6 Å². The third kappa shape index (κ3) is 3.56. The van der Waals surface area contributed by atoms with Gasteiger partial charge in [0.1, 0.15) is 22.3 Å². The van der Waals surface area contributed by atoms with Gasteiger partial charge in [-0.25, -0.2) is 14.4 Å². The van der Waals surface area contributed by atoms with Crippen LogP contribution in [0, 0.1) is 19.7 Å². The standard InChI is InChI=1S/C20H20ClFN4OS/c1-11-16-18(26-8-4-3-5-9-26)23-12(2)24-20(16)28-17(11)19(27)25-15-7-6-13(21)10-14(15)22/h6-7,10H,3-5,8-9H2,1-2H3,(H,25,27). The molecule has 8 heteroatoms. The van der Waals surface area contributed by atoms with Gasteiger partial charge >= 0.3 is 0 Å². The van der Waals surface area contributed by atoms with E-state index in [0.717, 1.165) is 47.5 Å². The van der Waals surface area contributed by atoms with Gasteiger partial charge in [0, 0.05) is 18.1 Å². The number of aromatic nitrogens is 2. The molecule has 0 saturated carbocycles. The molecule has 5 nitrogen and oxygen atoms in total. The topological polar surface area (TPSA) is 58.1 Å². The van der Waals surface area contributed by atoms with Crippen LogP contribution in [0.4, 0.5) is 15.9 Å². The number of piperidine rings is 1. The monoisotopic (exact) mass is 418 g/mol. The Bertz CT molecular complexity index is 1060. The number of fused-ring (bicyclic) bond motifs is 1. The van der Waals surface area contributed by atoms with E-state index in [4.69, 9.17) is 11.6 Å². The van der Waals surface area contributed by atoms with Crippen LogP contribution >= 0.6 is 22.9 Å². The summed E-state index contributed by atoms with van der Waals surface area (Å²) in [6.07, 6.45) is 3.50. The molecule has 0 bridgehead atoms. The van der Waals surface area contributed by atoms with Crippen molar-refractivity contribution in [1.82, 2.24) is 9.97 Å². The van der Waals surface area contributed by atoms with Gasteiger partial charge in [-0.2, -0.15) is 0 Å². The number of anilines is 2. The van der Waals surface area contributed by atoms with Crippen LogP contribution in [0.1, 0.15) is 40.3 Å². The Morgan fingerprint density at radius 3 is 2.68 bits per heavy atom. The van der Waals surface area contributed by atoms with Crippen LogP contribution in [-0.4, -0.2) is 29.0 Å². The largest absolute Gasteiger partial charge is 0.356 e. The van der Waals surface area contributed by atoms with E-state index in [9.17, 15) is 9.18 Å². The smallest absolute Gasteiger partial charge is 0.266 e. The maximum absolute atomic E-state index is 14.1. The lowest BCUT2D eigenvalue weighted by molar-refractivity contribution is 0.102. The molecule has 3 heterocycles. The maximum Gasteiger partial charge on any atom is 0.266 e. The van der Waals surface area contributed by atoms with E-state index in [2.05, 4.69) is 20.2 Å². The second kappa shape index (κ2) is 7.64. The molecule has 146 valence electrons. The van der Waals surface area contributed by atoms with E-state index in [0.29, 0.717) is 10.7 Å². The summed E-state index contributed by atoms with van der Waals surface area (Å²) in [6.45, 7) is 5.68. The van der Waals surface area contributed by atoms with Crippen LogP contribution in [0.15, 0.2) is 18.2 Å². The summed E-state index contributed by atoms with van der Waals surface area (Å²) < 4.78 is 14.1. The Hall–Kier alpha value is -2.25. The number of carbonyl (C=O) groups is 1.